The molecule has 0 aliphatic rings. The highest BCUT2D eigenvalue weighted by Crippen LogP contribution is 2.34. The van der Waals surface area contributed by atoms with Gasteiger partial charge in [0.05, 0.1) is 11.1 Å². The minimum absolute atomic E-state index is 0.0943. The maximum absolute atomic E-state index is 13.6. The Morgan fingerprint density at radius 3 is 2.73 bits per heavy atom. The first-order valence-corrected chi connectivity index (χ1v) is 4.66. The van der Waals surface area contributed by atoms with Crippen LogP contribution >= 0.6 is 11.6 Å². The molecule has 0 bridgehead atoms. The summed E-state index contributed by atoms with van der Waals surface area (Å²) < 4.78 is 18.8. The van der Waals surface area contributed by atoms with Crippen molar-refractivity contribution in [1.29, 1.82) is 0 Å². The minimum atomic E-state index is -0.750. The molecule has 0 unspecified atom stereocenters. The molecular formula is C10H9ClFNO2. The van der Waals surface area contributed by atoms with E-state index in [1.165, 1.54) is 18.2 Å². The number of halogens is 2. The summed E-state index contributed by atoms with van der Waals surface area (Å²) >= 11 is 5.74. The van der Waals surface area contributed by atoms with Crippen LogP contribution in [-0.2, 0) is 4.79 Å². The summed E-state index contributed by atoms with van der Waals surface area (Å²) in [5.74, 6) is -0.845. The molecule has 1 aromatic rings. The normalized spacial score (nSPS) is 9.93. The summed E-state index contributed by atoms with van der Waals surface area (Å²) in [6.45, 7) is 3.48. The van der Waals surface area contributed by atoms with Crippen molar-refractivity contribution < 1.29 is 13.9 Å². The number of isocyanates is 1. The van der Waals surface area contributed by atoms with Crippen molar-refractivity contribution in [3.63, 3.8) is 0 Å². The van der Waals surface area contributed by atoms with Gasteiger partial charge in [0, 0.05) is 0 Å². The first kappa shape index (κ1) is 11.7. The van der Waals surface area contributed by atoms with Crippen molar-refractivity contribution in [2.45, 2.75) is 20.0 Å². The van der Waals surface area contributed by atoms with Crippen LogP contribution in [0.25, 0.3) is 0 Å². The molecule has 0 aliphatic carbocycles. The van der Waals surface area contributed by atoms with Crippen LogP contribution in [0.5, 0.6) is 5.75 Å². The van der Waals surface area contributed by atoms with E-state index in [-0.39, 0.29) is 22.6 Å². The lowest BCUT2D eigenvalue weighted by Gasteiger charge is -2.12. The standard InChI is InChI=1S/C10H9ClFNO2/c1-6(2)15-10-7(11)3-4-8(9(10)12)13-5-14/h3-4,6H,1-2H3. The van der Waals surface area contributed by atoms with Gasteiger partial charge in [-0.1, -0.05) is 11.6 Å². The van der Waals surface area contributed by atoms with Crippen LogP contribution in [0.15, 0.2) is 17.1 Å². The summed E-state index contributed by atoms with van der Waals surface area (Å²) in [5.41, 5.74) is -0.134. The minimum Gasteiger partial charge on any atom is -0.486 e. The Hall–Kier alpha value is -1.38. The predicted molar refractivity (Wildman–Crippen MR) is 55.0 cm³/mol. The molecule has 3 nitrogen and oxygen atoms in total. The lowest BCUT2D eigenvalue weighted by molar-refractivity contribution is 0.231. The van der Waals surface area contributed by atoms with Crippen molar-refractivity contribution in [3.8, 4) is 5.75 Å². The van der Waals surface area contributed by atoms with Gasteiger partial charge in [-0.05, 0) is 26.0 Å². The fourth-order valence-electron chi connectivity index (χ4n) is 1.00. The second-order valence-corrected chi connectivity index (χ2v) is 3.49. The maximum atomic E-state index is 13.6. The predicted octanol–water partition coefficient (Wildman–Crippen LogP) is 3.23. The first-order valence-electron chi connectivity index (χ1n) is 4.28. The lowest BCUT2D eigenvalue weighted by atomic mass is 10.3. The Labute approximate surface area is 91.5 Å². The molecule has 0 amide bonds. The van der Waals surface area contributed by atoms with E-state index in [0.29, 0.717) is 0 Å². The van der Waals surface area contributed by atoms with Crippen molar-refractivity contribution >= 4 is 23.4 Å². The van der Waals surface area contributed by atoms with Gasteiger partial charge in [0.2, 0.25) is 6.08 Å². The van der Waals surface area contributed by atoms with Crippen LogP contribution < -0.4 is 4.74 Å². The molecule has 15 heavy (non-hydrogen) atoms. The first-order chi connectivity index (χ1) is 7.06. The number of carbonyl (C=O) groups excluding carboxylic acids is 1. The third-order valence-electron chi connectivity index (χ3n) is 1.55. The molecule has 1 aromatic carbocycles. The van der Waals surface area contributed by atoms with Crippen LogP contribution in [0.2, 0.25) is 5.02 Å². The molecule has 0 fully saturated rings. The van der Waals surface area contributed by atoms with Gasteiger partial charge in [-0.3, -0.25) is 0 Å². The summed E-state index contributed by atoms with van der Waals surface area (Å²) in [4.78, 5) is 13.2. The Morgan fingerprint density at radius 1 is 1.53 bits per heavy atom. The zero-order valence-electron chi connectivity index (χ0n) is 8.25. The van der Waals surface area contributed by atoms with Gasteiger partial charge in [0.1, 0.15) is 5.69 Å². The van der Waals surface area contributed by atoms with Gasteiger partial charge >= 0.3 is 0 Å². The Morgan fingerprint density at radius 2 is 2.20 bits per heavy atom. The van der Waals surface area contributed by atoms with Crippen LogP contribution in [0, 0.1) is 5.82 Å². The summed E-state index contributed by atoms with van der Waals surface area (Å²) in [5, 5.41) is 0.144. The molecule has 5 heteroatoms. The van der Waals surface area contributed by atoms with E-state index in [2.05, 4.69) is 4.99 Å². The molecule has 0 atom stereocenters. The van der Waals surface area contributed by atoms with Crippen molar-refractivity contribution in [3.05, 3.63) is 23.0 Å². The number of nitrogens with zero attached hydrogens (tertiary/aromatic N) is 1. The summed E-state index contributed by atoms with van der Waals surface area (Å²) in [6.07, 6.45) is 1.05. The zero-order valence-corrected chi connectivity index (χ0v) is 9.01. The smallest absolute Gasteiger partial charge is 0.240 e. The van der Waals surface area contributed by atoms with E-state index in [0.717, 1.165) is 0 Å². The molecular weight excluding hydrogens is 221 g/mol. The third kappa shape index (κ3) is 2.78. The maximum Gasteiger partial charge on any atom is 0.240 e. The summed E-state index contributed by atoms with van der Waals surface area (Å²) in [7, 11) is 0. The van der Waals surface area contributed by atoms with E-state index < -0.39 is 5.82 Å². The van der Waals surface area contributed by atoms with Crippen molar-refractivity contribution in [1.82, 2.24) is 0 Å². The number of hydrogen-bond acceptors (Lipinski definition) is 3. The van der Waals surface area contributed by atoms with Crippen LogP contribution in [0.3, 0.4) is 0 Å². The number of rotatable bonds is 3. The second kappa shape index (κ2) is 4.91. The van der Waals surface area contributed by atoms with Crippen molar-refractivity contribution in [2.24, 2.45) is 4.99 Å². The van der Waals surface area contributed by atoms with Crippen LogP contribution in [0.1, 0.15) is 13.8 Å². The van der Waals surface area contributed by atoms with E-state index in [1.54, 1.807) is 13.8 Å². The molecule has 0 heterocycles. The van der Waals surface area contributed by atoms with E-state index >= 15 is 0 Å². The van der Waals surface area contributed by atoms with Gasteiger partial charge in [-0.15, -0.1) is 0 Å². The quantitative estimate of drug-likeness (QED) is 0.590. The van der Waals surface area contributed by atoms with Gasteiger partial charge in [0.25, 0.3) is 0 Å². The Bertz CT molecular complexity index is 414. The van der Waals surface area contributed by atoms with Gasteiger partial charge in [0.15, 0.2) is 11.6 Å². The van der Waals surface area contributed by atoms with Crippen LogP contribution in [-0.4, -0.2) is 12.2 Å². The molecule has 0 radical (unpaired) electrons. The topological polar surface area (TPSA) is 38.7 Å². The summed E-state index contributed by atoms with van der Waals surface area (Å²) in [6, 6.07) is 2.70. The van der Waals surface area contributed by atoms with Crippen LogP contribution in [0.4, 0.5) is 10.1 Å². The Balaban J connectivity index is 3.23. The Kier molecular flexibility index (Phi) is 3.83. The highest BCUT2D eigenvalue weighted by Gasteiger charge is 2.14. The number of benzene rings is 1. The number of ether oxygens (including phenoxy) is 1. The molecule has 80 valence electrons. The van der Waals surface area contributed by atoms with E-state index in [9.17, 15) is 9.18 Å². The fourth-order valence-corrected chi connectivity index (χ4v) is 1.19. The number of aliphatic imine (C=N–C) groups is 1. The number of hydrogen-bond donors (Lipinski definition) is 0. The van der Waals surface area contributed by atoms with Crippen molar-refractivity contribution in [2.75, 3.05) is 0 Å². The highest BCUT2D eigenvalue weighted by molar-refractivity contribution is 6.32. The average Bonchev–Trinajstić information content (AvgIpc) is 2.17. The highest BCUT2D eigenvalue weighted by atomic mass is 35.5. The molecule has 0 aromatic heterocycles. The molecule has 0 aliphatic heterocycles. The largest absolute Gasteiger partial charge is 0.486 e. The fraction of sp³-hybridized carbons (Fsp3) is 0.300. The molecule has 0 saturated heterocycles. The monoisotopic (exact) mass is 229 g/mol. The van der Waals surface area contributed by atoms with Gasteiger partial charge < -0.3 is 4.74 Å². The second-order valence-electron chi connectivity index (χ2n) is 3.08. The molecule has 1 rings (SSSR count). The van der Waals surface area contributed by atoms with E-state index in [4.69, 9.17) is 16.3 Å². The SMILES string of the molecule is CC(C)Oc1c(Cl)ccc(N=C=O)c1F. The third-order valence-corrected chi connectivity index (χ3v) is 1.85. The van der Waals surface area contributed by atoms with E-state index in [1.807, 2.05) is 0 Å². The molecule has 0 saturated carbocycles. The van der Waals surface area contributed by atoms with Gasteiger partial charge in [-0.25, -0.2) is 9.18 Å². The average molecular weight is 230 g/mol. The lowest BCUT2D eigenvalue weighted by Crippen LogP contribution is -2.07. The van der Waals surface area contributed by atoms with Gasteiger partial charge in [-0.2, -0.15) is 4.99 Å². The zero-order chi connectivity index (χ0) is 11.4. The molecule has 0 spiro atoms. The molecule has 0 N–H and O–H groups in total.